The van der Waals surface area contributed by atoms with Gasteiger partial charge in [-0.15, -0.1) is 0 Å². The predicted molar refractivity (Wildman–Crippen MR) is 106 cm³/mol. The van der Waals surface area contributed by atoms with Gasteiger partial charge in [0.15, 0.2) is 0 Å². The Morgan fingerprint density at radius 1 is 1.30 bits per heavy atom. The average molecular weight is 364 g/mol. The number of ether oxygens (including phenoxy) is 1. The van der Waals surface area contributed by atoms with Crippen molar-refractivity contribution in [3.8, 4) is 0 Å². The monoisotopic (exact) mass is 364 g/mol. The molecule has 6 heteroatoms. The molecule has 4 rings (SSSR count). The van der Waals surface area contributed by atoms with Crippen LogP contribution >= 0.6 is 0 Å². The number of H-pyrrole nitrogens is 1. The zero-order chi connectivity index (χ0) is 18.5. The molecule has 27 heavy (non-hydrogen) atoms. The van der Waals surface area contributed by atoms with E-state index in [0.29, 0.717) is 12.2 Å². The maximum Gasteiger partial charge on any atom is 0.270 e. The van der Waals surface area contributed by atoms with Crippen LogP contribution in [0, 0.1) is 0 Å². The number of fused-ring (bicyclic) bond motifs is 1. The standard InChI is InChI=1S/C21H24N4O2/c26-21(25-14-17-4-3-11-27-17)20-12-16(8-10-23-20)22-9-7-15-13-24-19-6-2-1-5-18(15)19/h1-2,5-6,8,10,12-13,17,24H,3-4,7,9,11,14H2,(H,22,23)(H,25,26). The molecule has 1 fully saturated rings. The van der Waals surface area contributed by atoms with E-state index in [1.807, 2.05) is 12.1 Å². The predicted octanol–water partition coefficient (Wildman–Crippen LogP) is 3.13. The van der Waals surface area contributed by atoms with E-state index in [1.165, 1.54) is 10.9 Å². The lowest BCUT2D eigenvalue weighted by Crippen LogP contribution is -2.32. The van der Waals surface area contributed by atoms with Crippen LogP contribution in [0.15, 0.2) is 48.8 Å². The van der Waals surface area contributed by atoms with Gasteiger partial charge in [-0.05, 0) is 43.0 Å². The molecule has 1 saturated heterocycles. The number of carbonyl (C=O) groups is 1. The summed E-state index contributed by atoms with van der Waals surface area (Å²) in [6, 6.07) is 12.0. The second-order valence-electron chi connectivity index (χ2n) is 6.81. The van der Waals surface area contributed by atoms with Crippen LogP contribution in [0.3, 0.4) is 0 Å². The van der Waals surface area contributed by atoms with E-state index in [-0.39, 0.29) is 12.0 Å². The zero-order valence-electron chi connectivity index (χ0n) is 15.2. The summed E-state index contributed by atoms with van der Waals surface area (Å²) < 4.78 is 5.53. The first-order valence-corrected chi connectivity index (χ1v) is 9.44. The highest BCUT2D eigenvalue weighted by molar-refractivity contribution is 5.93. The van der Waals surface area contributed by atoms with Crippen molar-refractivity contribution < 1.29 is 9.53 Å². The quantitative estimate of drug-likeness (QED) is 0.602. The smallest absolute Gasteiger partial charge is 0.270 e. The van der Waals surface area contributed by atoms with Crippen molar-refractivity contribution >= 4 is 22.5 Å². The molecule has 0 radical (unpaired) electrons. The van der Waals surface area contributed by atoms with E-state index in [2.05, 4.69) is 45.0 Å². The molecule has 6 nitrogen and oxygen atoms in total. The third kappa shape index (κ3) is 4.28. The Hall–Kier alpha value is -2.86. The van der Waals surface area contributed by atoms with Crippen molar-refractivity contribution in [2.24, 2.45) is 0 Å². The van der Waals surface area contributed by atoms with E-state index in [9.17, 15) is 4.79 Å². The van der Waals surface area contributed by atoms with Gasteiger partial charge in [-0.3, -0.25) is 9.78 Å². The number of nitrogens with one attached hydrogen (secondary N) is 3. The first-order chi connectivity index (χ1) is 13.3. The van der Waals surface area contributed by atoms with Gasteiger partial charge in [0, 0.05) is 48.7 Å². The first-order valence-electron chi connectivity index (χ1n) is 9.44. The number of amides is 1. The highest BCUT2D eigenvalue weighted by atomic mass is 16.5. The molecular weight excluding hydrogens is 340 g/mol. The summed E-state index contributed by atoms with van der Waals surface area (Å²) in [5.41, 5.74) is 3.75. The SMILES string of the molecule is O=C(NCC1CCCO1)c1cc(NCCc2c[nH]c3ccccc23)ccn1. The van der Waals surface area contributed by atoms with Gasteiger partial charge in [0.25, 0.3) is 5.91 Å². The number of aromatic amines is 1. The normalized spacial score (nSPS) is 16.5. The minimum atomic E-state index is -0.161. The van der Waals surface area contributed by atoms with Crippen LogP contribution in [0.4, 0.5) is 5.69 Å². The molecule has 1 atom stereocenters. The minimum absolute atomic E-state index is 0.131. The summed E-state index contributed by atoms with van der Waals surface area (Å²) in [5, 5.41) is 7.54. The topological polar surface area (TPSA) is 79.0 Å². The Balaban J connectivity index is 1.31. The fraction of sp³-hybridized carbons (Fsp3) is 0.333. The largest absolute Gasteiger partial charge is 0.385 e. The Kier molecular flexibility index (Phi) is 5.34. The third-order valence-corrected chi connectivity index (χ3v) is 4.91. The molecule has 1 aromatic carbocycles. The van der Waals surface area contributed by atoms with Crippen LogP contribution in [0.5, 0.6) is 0 Å². The van der Waals surface area contributed by atoms with E-state index < -0.39 is 0 Å². The van der Waals surface area contributed by atoms with Gasteiger partial charge in [-0.1, -0.05) is 18.2 Å². The minimum Gasteiger partial charge on any atom is -0.385 e. The molecule has 1 aliphatic rings. The summed E-state index contributed by atoms with van der Waals surface area (Å²) in [5.74, 6) is -0.161. The summed E-state index contributed by atoms with van der Waals surface area (Å²) in [7, 11) is 0. The Morgan fingerprint density at radius 3 is 3.11 bits per heavy atom. The number of aromatic nitrogens is 2. The Morgan fingerprint density at radius 2 is 2.22 bits per heavy atom. The fourth-order valence-electron chi connectivity index (χ4n) is 3.45. The van der Waals surface area contributed by atoms with Gasteiger partial charge >= 0.3 is 0 Å². The molecule has 140 valence electrons. The van der Waals surface area contributed by atoms with Crippen molar-refractivity contribution in [1.29, 1.82) is 0 Å². The van der Waals surface area contributed by atoms with Gasteiger partial charge in [0.05, 0.1) is 6.10 Å². The Labute approximate surface area is 158 Å². The Bertz CT molecular complexity index is 915. The lowest BCUT2D eigenvalue weighted by atomic mass is 10.1. The molecule has 3 aromatic rings. The zero-order valence-corrected chi connectivity index (χ0v) is 15.2. The summed E-state index contributed by atoms with van der Waals surface area (Å²) in [4.78, 5) is 19.8. The van der Waals surface area contributed by atoms with Gasteiger partial charge in [-0.25, -0.2) is 0 Å². The first kappa shape index (κ1) is 17.5. The van der Waals surface area contributed by atoms with E-state index in [0.717, 1.165) is 43.6 Å². The number of para-hydroxylation sites is 1. The maximum atomic E-state index is 12.3. The number of hydrogen-bond donors (Lipinski definition) is 3. The van der Waals surface area contributed by atoms with Crippen LogP contribution in [-0.2, 0) is 11.2 Å². The molecule has 0 saturated carbocycles. The lowest BCUT2D eigenvalue weighted by molar-refractivity contribution is 0.0854. The van der Waals surface area contributed by atoms with Crippen molar-refractivity contribution in [2.75, 3.05) is 25.0 Å². The highest BCUT2D eigenvalue weighted by Crippen LogP contribution is 2.18. The molecular formula is C21H24N4O2. The van der Waals surface area contributed by atoms with E-state index in [4.69, 9.17) is 4.74 Å². The summed E-state index contributed by atoms with van der Waals surface area (Å²) in [6.07, 6.45) is 6.81. The fourth-order valence-corrected chi connectivity index (χ4v) is 3.45. The second-order valence-corrected chi connectivity index (χ2v) is 6.81. The van der Waals surface area contributed by atoms with Gasteiger partial charge in [0.2, 0.25) is 0 Å². The molecule has 0 bridgehead atoms. The summed E-state index contributed by atoms with van der Waals surface area (Å²) >= 11 is 0. The number of rotatable bonds is 7. The van der Waals surface area contributed by atoms with Crippen molar-refractivity contribution in [1.82, 2.24) is 15.3 Å². The highest BCUT2D eigenvalue weighted by Gasteiger charge is 2.17. The van der Waals surface area contributed by atoms with Gasteiger partial charge in [0.1, 0.15) is 5.69 Å². The number of anilines is 1. The van der Waals surface area contributed by atoms with Gasteiger partial charge in [-0.2, -0.15) is 0 Å². The van der Waals surface area contributed by atoms with E-state index >= 15 is 0 Å². The number of pyridine rings is 1. The van der Waals surface area contributed by atoms with Crippen molar-refractivity contribution in [3.05, 3.63) is 60.0 Å². The van der Waals surface area contributed by atoms with Crippen molar-refractivity contribution in [2.45, 2.75) is 25.4 Å². The molecule has 0 aliphatic carbocycles. The number of hydrogen-bond acceptors (Lipinski definition) is 4. The number of carbonyl (C=O) groups excluding carboxylic acids is 1. The average Bonchev–Trinajstić information content (AvgIpc) is 3.37. The molecule has 2 aromatic heterocycles. The van der Waals surface area contributed by atoms with Crippen LogP contribution in [0.1, 0.15) is 28.9 Å². The van der Waals surface area contributed by atoms with E-state index in [1.54, 1.807) is 12.3 Å². The van der Waals surface area contributed by atoms with Crippen LogP contribution < -0.4 is 10.6 Å². The third-order valence-electron chi connectivity index (χ3n) is 4.91. The number of nitrogens with zero attached hydrogens (tertiary/aromatic N) is 1. The molecule has 1 aliphatic heterocycles. The van der Waals surface area contributed by atoms with Gasteiger partial charge < -0.3 is 20.4 Å². The number of benzene rings is 1. The van der Waals surface area contributed by atoms with Crippen LogP contribution in [0.2, 0.25) is 0 Å². The van der Waals surface area contributed by atoms with Crippen LogP contribution in [0.25, 0.3) is 10.9 Å². The van der Waals surface area contributed by atoms with Crippen molar-refractivity contribution in [3.63, 3.8) is 0 Å². The molecule has 0 spiro atoms. The molecule has 3 N–H and O–H groups in total. The summed E-state index contributed by atoms with van der Waals surface area (Å²) in [6.45, 7) is 2.11. The lowest BCUT2D eigenvalue weighted by Gasteiger charge is -2.11. The second kappa shape index (κ2) is 8.22. The maximum absolute atomic E-state index is 12.3. The van der Waals surface area contributed by atoms with Crippen LogP contribution in [-0.4, -0.2) is 41.7 Å². The molecule has 3 heterocycles. The molecule has 1 amide bonds. The molecule has 1 unspecified atom stereocenters.